The quantitative estimate of drug-likeness (QED) is 0.174. The van der Waals surface area contributed by atoms with Crippen molar-refractivity contribution in [1.82, 2.24) is 19.5 Å². The Hall–Kier alpha value is -8.34. The van der Waals surface area contributed by atoms with Crippen molar-refractivity contribution in [2.24, 2.45) is 0 Å². The molecule has 0 radical (unpaired) electrons. The van der Waals surface area contributed by atoms with Crippen LogP contribution in [-0.2, 0) is 0 Å². The van der Waals surface area contributed by atoms with Gasteiger partial charge in [0, 0.05) is 65.8 Å². The molecule has 0 bridgehead atoms. The summed E-state index contributed by atoms with van der Waals surface area (Å²) in [4.78, 5) is 15.7. The first-order valence-corrected chi connectivity index (χ1v) is 19.4. The van der Waals surface area contributed by atoms with E-state index in [0.29, 0.717) is 34.2 Å². The molecule has 7 nitrogen and oxygen atoms in total. The van der Waals surface area contributed by atoms with Crippen molar-refractivity contribution in [3.8, 4) is 57.0 Å². The molecule has 0 N–H and O–H groups in total. The number of benzene rings is 8. The summed E-state index contributed by atoms with van der Waals surface area (Å²) in [6.45, 7) is 0. The van der Waals surface area contributed by atoms with Crippen LogP contribution in [0.4, 0.5) is 0 Å². The molecule has 12 aromatic rings. The molecule has 0 amide bonds. The van der Waals surface area contributed by atoms with Crippen LogP contribution < -0.4 is 0 Å². The SMILES string of the molecule is N#Cc1cc(-c2cc(-c3nc(-c4ccccc4)nc(-c4cccc5c4c4ccccc4n5-c4ccccc4)n3)cc3c2oc2ccccc23)c2oc3ccccc3c2c1. The molecule has 0 fully saturated rings. The minimum atomic E-state index is 0.503. The Labute approximate surface area is 336 Å². The highest BCUT2D eigenvalue weighted by molar-refractivity contribution is 6.17. The zero-order valence-electron chi connectivity index (χ0n) is 31.3. The molecule has 4 heterocycles. The van der Waals surface area contributed by atoms with E-state index in [1.807, 2.05) is 91.0 Å². The van der Waals surface area contributed by atoms with Crippen LogP contribution >= 0.6 is 0 Å². The second-order valence-corrected chi connectivity index (χ2v) is 14.7. The van der Waals surface area contributed by atoms with E-state index < -0.39 is 0 Å². The lowest BCUT2D eigenvalue weighted by molar-refractivity contribution is 0.665. The van der Waals surface area contributed by atoms with E-state index in [1.165, 1.54) is 0 Å². The van der Waals surface area contributed by atoms with Crippen LogP contribution in [0.15, 0.2) is 185 Å². The number of hydrogen-bond donors (Lipinski definition) is 0. The molecule has 0 aliphatic rings. The van der Waals surface area contributed by atoms with Gasteiger partial charge < -0.3 is 13.4 Å². The lowest BCUT2D eigenvalue weighted by Crippen LogP contribution is -2.01. The van der Waals surface area contributed by atoms with Crippen molar-refractivity contribution in [1.29, 1.82) is 5.26 Å². The molecule has 274 valence electrons. The minimum Gasteiger partial charge on any atom is -0.455 e. The Balaban J connectivity index is 1.16. The molecule has 0 saturated heterocycles. The van der Waals surface area contributed by atoms with Gasteiger partial charge >= 0.3 is 0 Å². The van der Waals surface area contributed by atoms with Gasteiger partial charge in [-0.25, -0.2) is 15.0 Å². The van der Waals surface area contributed by atoms with Crippen LogP contribution in [0.5, 0.6) is 0 Å². The van der Waals surface area contributed by atoms with Gasteiger partial charge in [0.15, 0.2) is 17.5 Å². The second-order valence-electron chi connectivity index (χ2n) is 14.7. The summed E-state index contributed by atoms with van der Waals surface area (Å²) in [5, 5.41) is 16.1. The van der Waals surface area contributed by atoms with E-state index in [4.69, 9.17) is 23.8 Å². The minimum absolute atomic E-state index is 0.503. The Morgan fingerprint density at radius 3 is 1.69 bits per heavy atom. The van der Waals surface area contributed by atoms with E-state index in [9.17, 15) is 5.26 Å². The monoisotopic (exact) mass is 755 g/mol. The number of furan rings is 2. The van der Waals surface area contributed by atoms with Crippen molar-refractivity contribution < 1.29 is 8.83 Å². The number of fused-ring (bicyclic) bond motifs is 9. The molecule has 0 atom stereocenters. The Morgan fingerprint density at radius 1 is 0.424 bits per heavy atom. The molecular weight excluding hydrogens is 727 g/mol. The lowest BCUT2D eigenvalue weighted by atomic mass is 9.95. The summed E-state index contributed by atoms with van der Waals surface area (Å²) in [6, 6.07) is 61.5. The number of aromatic nitrogens is 4. The van der Waals surface area contributed by atoms with Gasteiger partial charge in [-0.15, -0.1) is 0 Å². The Morgan fingerprint density at radius 2 is 0.983 bits per heavy atom. The molecule has 7 heteroatoms. The average Bonchev–Trinajstić information content (AvgIpc) is 3.98. The molecule has 4 aromatic heterocycles. The maximum Gasteiger partial charge on any atom is 0.164 e. The zero-order chi connectivity index (χ0) is 39.0. The summed E-state index contributed by atoms with van der Waals surface area (Å²) in [6.07, 6.45) is 0. The third-order valence-electron chi connectivity index (χ3n) is 11.3. The third-order valence-corrected chi connectivity index (χ3v) is 11.3. The third kappa shape index (κ3) is 5.10. The topological polar surface area (TPSA) is 93.7 Å². The van der Waals surface area contributed by atoms with E-state index in [-0.39, 0.29) is 0 Å². The highest BCUT2D eigenvalue weighted by Gasteiger charge is 2.23. The molecule has 12 rings (SSSR count). The van der Waals surface area contributed by atoms with Gasteiger partial charge in [-0.05, 0) is 60.7 Å². The van der Waals surface area contributed by atoms with Crippen LogP contribution in [0.1, 0.15) is 5.56 Å². The van der Waals surface area contributed by atoms with Crippen LogP contribution in [0.25, 0.3) is 117 Å². The van der Waals surface area contributed by atoms with Crippen LogP contribution in [0.2, 0.25) is 0 Å². The number of para-hydroxylation sites is 4. The van der Waals surface area contributed by atoms with E-state index >= 15 is 0 Å². The first kappa shape index (κ1) is 32.9. The molecule has 0 aliphatic heterocycles. The fraction of sp³-hybridized carbons (Fsp3) is 0. The van der Waals surface area contributed by atoms with Gasteiger partial charge in [0.05, 0.1) is 22.7 Å². The zero-order valence-corrected chi connectivity index (χ0v) is 31.3. The molecule has 0 aliphatic carbocycles. The van der Waals surface area contributed by atoms with Gasteiger partial charge in [0.1, 0.15) is 22.3 Å². The second kappa shape index (κ2) is 12.8. The smallest absolute Gasteiger partial charge is 0.164 e. The predicted molar refractivity (Wildman–Crippen MR) is 235 cm³/mol. The Kier molecular flexibility index (Phi) is 7.16. The maximum atomic E-state index is 10.3. The van der Waals surface area contributed by atoms with Gasteiger partial charge in [-0.3, -0.25) is 0 Å². The van der Waals surface area contributed by atoms with Gasteiger partial charge in [-0.2, -0.15) is 5.26 Å². The molecule has 0 saturated carbocycles. The fourth-order valence-corrected chi connectivity index (χ4v) is 8.65. The van der Waals surface area contributed by atoms with Gasteiger partial charge in [0.2, 0.25) is 0 Å². The molecule has 8 aromatic carbocycles. The van der Waals surface area contributed by atoms with E-state index in [1.54, 1.807) is 0 Å². The van der Waals surface area contributed by atoms with Crippen molar-refractivity contribution in [2.75, 3.05) is 0 Å². The molecule has 0 unspecified atom stereocenters. The summed E-state index contributed by atoms with van der Waals surface area (Å²) >= 11 is 0. The maximum absolute atomic E-state index is 10.3. The largest absolute Gasteiger partial charge is 0.455 e. The first-order chi connectivity index (χ1) is 29.2. The highest BCUT2D eigenvalue weighted by atomic mass is 16.3. The molecular formula is C52H29N5O2. The molecule has 0 spiro atoms. The Bertz CT molecular complexity index is 3690. The fourth-order valence-electron chi connectivity index (χ4n) is 8.65. The predicted octanol–water partition coefficient (Wildman–Crippen LogP) is 13.3. The number of hydrogen-bond acceptors (Lipinski definition) is 6. The highest BCUT2D eigenvalue weighted by Crippen LogP contribution is 2.44. The van der Waals surface area contributed by atoms with Crippen molar-refractivity contribution in [2.45, 2.75) is 0 Å². The van der Waals surface area contributed by atoms with Crippen LogP contribution in [-0.4, -0.2) is 19.5 Å². The molecule has 59 heavy (non-hydrogen) atoms. The van der Waals surface area contributed by atoms with Gasteiger partial charge in [-0.1, -0.05) is 115 Å². The average molecular weight is 756 g/mol. The van der Waals surface area contributed by atoms with E-state index in [2.05, 4.69) is 95.6 Å². The first-order valence-electron chi connectivity index (χ1n) is 19.4. The normalized spacial score (nSPS) is 11.7. The summed E-state index contributed by atoms with van der Waals surface area (Å²) in [7, 11) is 0. The summed E-state index contributed by atoms with van der Waals surface area (Å²) < 4.78 is 15.5. The van der Waals surface area contributed by atoms with Crippen LogP contribution in [0.3, 0.4) is 0 Å². The summed E-state index contributed by atoms with van der Waals surface area (Å²) in [5.41, 5.74) is 10.6. The number of nitriles is 1. The number of rotatable bonds is 5. The van der Waals surface area contributed by atoms with Crippen LogP contribution in [0, 0.1) is 11.3 Å². The lowest BCUT2D eigenvalue weighted by Gasteiger charge is -2.12. The standard InChI is InChI=1S/C52H29N5O2/c53-30-31-26-39-35-18-8-11-24-45(35)58-48(39)40(27-31)42-29-33(28-41-36-19-9-12-25-46(36)59-49(41)42)51-54-50(32-14-3-1-4-15-32)55-52(56-51)38-21-13-23-44-47(38)37-20-7-10-22-43(37)57(44)34-16-5-2-6-17-34/h1-29H. The van der Waals surface area contributed by atoms with Crippen molar-refractivity contribution in [3.05, 3.63) is 181 Å². The number of nitrogens with zero attached hydrogens (tertiary/aromatic N) is 5. The van der Waals surface area contributed by atoms with Crippen molar-refractivity contribution in [3.63, 3.8) is 0 Å². The summed E-state index contributed by atoms with van der Waals surface area (Å²) in [5.74, 6) is 1.61. The van der Waals surface area contributed by atoms with Gasteiger partial charge in [0.25, 0.3) is 0 Å². The van der Waals surface area contributed by atoms with Crippen molar-refractivity contribution >= 4 is 65.7 Å². The van der Waals surface area contributed by atoms with E-state index in [0.717, 1.165) is 88.0 Å².